The molecule has 2 heteroatoms. The van der Waals surface area contributed by atoms with Crippen LogP contribution >= 0.6 is 0 Å². The minimum atomic E-state index is 0.337. The minimum absolute atomic E-state index is 0.337. The number of aldehydes is 1. The van der Waals surface area contributed by atoms with Gasteiger partial charge in [0.1, 0.15) is 6.29 Å². The van der Waals surface area contributed by atoms with E-state index in [1.807, 2.05) is 0 Å². The van der Waals surface area contributed by atoms with Gasteiger partial charge in [0.25, 0.3) is 0 Å². The topological polar surface area (TPSA) is 26.3 Å². The molecular formula is C8H12O2. The number of allylic oxidation sites excluding steroid dienone is 1. The van der Waals surface area contributed by atoms with E-state index in [0.717, 1.165) is 31.1 Å². The quantitative estimate of drug-likeness (QED) is 0.545. The van der Waals surface area contributed by atoms with Crippen LogP contribution in [0.15, 0.2) is 11.8 Å². The van der Waals surface area contributed by atoms with E-state index in [4.69, 9.17) is 4.74 Å². The molecule has 10 heavy (non-hydrogen) atoms. The van der Waals surface area contributed by atoms with Gasteiger partial charge in [0.2, 0.25) is 0 Å². The lowest BCUT2D eigenvalue weighted by atomic mass is 10.1. The molecule has 1 unspecified atom stereocenters. The normalized spacial score (nSPS) is 24.9. The van der Waals surface area contributed by atoms with Gasteiger partial charge >= 0.3 is 0 Å². The van der Waals surface area contributed by atoms with Crippen molar-refractivity contribution in [1.29, 1.82) is 0 Å². The maximum absolute atomic E-state index is 10.2. The van der Waals surface area contributed by atoms with E-state index in [1.54, 1.807) is 6.26 Å². The van der Waals surface area contributed by atoms with E-state index in [2.05, 4.69) is 6.92 Å². The molecule has 0 bridgehead atoms. The largest absolute Gasteiger partial charge is 0.498 e. The first kappa shape index (κ1) is 7.32. The van der Waals surface area contributed by atoms with Gasteiger partial charge in [-0.25, -0.2) is 0 Å². The Hall–Kier alpha value is -0.790. The molecule has 56 valence electrons. The second-order valence-electron chi connectivity index (χ2n) is 2.52. The van der Waals surface area contributed by atoms with Crippen molar-refractivity contribution in [2.75, 3.05) is 0 Å². The average molecular weight is 140 g/mol. The van der Waals surface area contributed by atoms with Gasteiger partial charge in [-0.15, -0.1) is 0 Å². The van der Waals surface area contributed by atoms with Gasteiger partial charge in [0.05, 0.1) is 12.4 Å². The van der Waals surface area contributed by atoms with Gasteiger partial charge in [-0.1, -0.05) is 6.92 Å². The van der Waals surface area contributed by atoms with E-state index in [1.165, 1.54) is 0 Å². The zero-order valence-electron chi connectivity index (χ0n) is 6.17. The van der Waals surface area contributed by atoms with E-state index in [9.17, 15) is 4.79 Å². The summed E-state index contributed by atoms with van der Waals surface area (Å²) in [5, 5.41) is 0. The fourth-order valence-electron chi connectivity index (χ4n) is 1.03. The van der Waals surface area contributed by atoms with Crippen molar-refractivity contribution in [1.82, 2.24) is 0 Å². The maximum Gasteiger partial charge on any atom is 0.149 e. The van der Waals surface area contributed by atoms with Gasteiger partial charge in [-0.2, -0.15) is 0 Å². The molecule has 0 spiro atoms. The van der Waals surface area contributed by atoms with Crippen LogP contribution in [-0.2, 0) is 9.53 Å². The molecule has 0 aromatic carbocycles. The van der Waals surface area contributed by atoms with Crippen molar-refractivity contribution in [2.24, 2.45) is 0 Å². The highest BCUT2D eigenvalue weighted by Gasteiger charge is 2.12. The van der Waals surface area contributed by atoms with Gasteiger partial charge in [0.15, 0.2) is 0 Å². The number of ether oxygens (including phenoxy) is 1. The summed E-state index contributed by atoms with van der Waals surface area (Å²) in [5.74, 6) is 0. The fraction of sp³-hybridized carbons (Fsp3) is 0.625. The number of hydrogen-bond donors (Lipinski definition) is 0. The highest BCUT2D eigenvalue weighted by atomic mass is 16.5. The molecule has 0 amide bonds. The summed E-state index contributed by atoms with van der Waals surface area (Å²) in [6.45, 7) is 2.09. The third-order valence-electron chi connectivity index (χ3n) is 1.77. The second-order valence-corrected chi connectivity index (χ2v) is 2.52. The van der Waals surface area contributed by atoms with Crippen molar-refractivity contribution in [3.8, 4) is 0 Å². The molecule has 0 aromatic heterocycles. The molecular weight excluding hydrogens is 128 g/mol. The molecule has 1 aliphatic rings. The van der Waals surface area contributed by atoms with Crippen molar-refractivity contribution in [3.63, 3.8) is 0 Å². The predicted octanol–water partition coefficient (Wildman–Crippen LogP) is 1.66. The number of carbonyl (C=O) groups excluding carboxylic acids is 1. The van der Waals surface area contributed by atoms with Crippen LogP contribution in [0.3, 0.4) is 0 Å². The van der Waals surface area contributed by atoms with Crippen molar-refractivity contribution in [2.45, 2.75) is 32.3 Å². The monoisotopic (exact) mass is 140 g/mol. The second kappa shape index (κ2) is 3.40. The number of carbonyl (C=O) groups is 1. The molecule has 0 fully saturated rings. The summed E-state index contributed by atoms with van der Waals surface area (Å²) in [6.07, 6.45) is 5.69. The molecule has 0 saturated heterocycles. The lowest BCUT2D eigenvalue weighted by Gasteiger charge is -2.19. The summed E-state index contributed by atoms with van der Waals surface area (Å²) in [6, 6.07) is 0. The first-order valence-electron chi connectivity index (χ1n) is 3.66. The standard InChI is InChI=1S/C8H12O2/c1-2-8-4-3-7(5-9)6-10-8/h5-6,8H,2-4H2,1H3. The van der Waals surface area contributed by atoms with E-state index >= 15 is 0 Å². The van der Waals surface area contributed by atoms with Crippen molar-refractivity contribution < 1.29 is 9.53 Å². The van der Waals surface area contributed by atoms with Crippen LogP contribution in [-0.4, -0.2) is 12.4 Å². The highest BCUT2D eigenvalue weighted by Crippen LogP contribution is 2.17. The number of rotatable bonds is 2. The molecule has 0 aliphatic carbocycles. The Morgan fingerprint density at radius 2 is 2.70 bits per heavy atom. The Balaban J connectivity index is 2.43. The van der Waals surface area contributed by atoms with Crippen LogP contribution in [0.2, 0.25) is 0 Å². The zero-order chi connectivity index (χ0) is 7.40. The Bertz CT molecular complexity index is 149. The summed E-state index contributed by atoms with van der Waals surface area (Å²) in [4.78, 5) is 10.2. The van der Waals surface area contributed by atoms with Gasteiger partial charge in [0, 0.05) is 5.57 Å². The van der Waals surface area contributed by atoms with Gasteiger partial charge in [-0.3, -0.25) is 4.79 Å². The molecule has 1 heterocycles. The van der Waals surface area contributed by atoms with Crippen LogP contribution in [0.5, 0.6) is 0 Å². The first-order valence-corrected chi connectivity index (χ1v) is 3.66. The first-order chi connectivity index (χ1) is 4.86. The Morgan fingerprint density at radius 1 is 1.90 bits per heavy atom. The molecule has 2 nitrogen and oxygen atoms in total. The van der Waals surface area contributed by atoms with E-state index < -0.39 is 0 Å². The summed E-state index contributed by atoms with van der Waals surface area (Å²) in [5.41, 5.74) is 0.782. The molecule has 0 radical (unpaired) electrons. The lowest BCUT2D eigenvalue weighted by molar-refractivity contribution is -0.105. The van der Waals surface area contributed by atoms with Crippen LogP contribution in [0.1, 0.15) is 26.2 Å². The molecule has 1 atom stereocenters. The Morgan fingerprint density at radius 3 is 3.10 bits per heavy atom. The lowest BCUT2D eigenvalue weighted by Crippen LogP contribution is -2.13. The third kappa shape index (κ3) is 1.59. The van der Waals surface area contributed by atoms with Crippen LogP contribution in [0.25, 0.3) is 0 Å². The Kier molecular flexibility index (Phi) is 2.49. The van der Waals surface area contributed by atoms with Crippen molar-refractivity contribution >= 4 is 6.29 Å². The summed E-state index contributed by atoms with van der Waals surface area (Å²) < 4.78 is 5.24. The molecule has 1 rings (SSSR count). The third-order valence-corrected chi connectivity index (χ3v) is 1.77. The summed E-state index contributed by atoms with van der Waals surface area (Å²) in [7, 11) is 0. The number of hydrogen-bond acceptors (Lipinski definition) is 2. The van der Waals surface area contributed by atoms with Crippen LogP contribution in [0, 0.1) is 0 Å². The zero-order valence-corrected chi connectivity index (χ0v) is 6.17. The van der Waals surface area contributed by atoms with E-state index in [-0.39, 0.29) is 0 Å². The van der Waals surface area contributed by atoms with Crippen molar-refractivity contribution in [3.05, 3.63) is 11.8 Å². The minimum Gasteiger partial charge on any atom is -0.498 e. The Labute approximate surface area is 60.9 Å². The predicted molar refractivity (Wildman–Crippen MR) is 38.5 cm³/mol. The molecule has 1 aliphatic heterocycles. The molecule has 0 saturated carbocycles. The fourth-order valence-corrected chi connectivity index (χ4v) is 1.03. The van der Waals surface area contributed by atoms with Crippen LogP contribution in [0.4, 0.5) is 0 Å². The molecule has 0 N–H and O–H groups in total. The van der Waals surface area contributed by atoms with Gasteiger partial charge < -0.3 is 4.74 Å². The molecule has 0 aromatic rings. The van der Waals surface area contributed by atoms with Crippen LogP contribution < -0.4 is 0 Å². The smallest absolute Gasteiger partial charge is 0.149 e. The average Bonchev–Trinajstić information content (AvgIpc) is 2.05. The summed E-state index contributed by atoms with van der Waals surface area (Å²) >= 11 is 0. The van der Waals surface area contributed by atoms with E-state index in [0.29, 0.717) is 6.10 Å². The SMILES string of the molecule is CCC1CCC(C=O)=CO1. The van der Waals surface area contributed by atoms with Gasteiger partial charge in [-0.05, 0) is 19.3 Å². The maximum atomic E-state index is 10.2. The highest BCUT2D eigenvalue weighted by molar-refractivity contribution is 5.72.